The first-order valence-electron chi connectivity index (χ1n) is 7.77. The van der Waals surface area contributed by atoms with E-state index in [1.165, 1.54) is 6.20 Å². The molecule has 0 unspecified atom stereocenters. The van der Waals surface area contributed by atoms with Crippen LogP contribution in [0.25, 0.3) is 11.5 Å². The zero-order valence-electron chi connectivity index (χ0n) is 12.8. The number of aromatic nitrogens is 3. The van der Waals surface area contributed by atoms with Crippen molar-refractivity contribution in [1.82, 2.24) is 20.3 Å². The van der Waals surface area contributed by atoms with Gasteiger partial charge in [0.25, 0.3) is 5.91 Å². The average molecular weight is 338 g/mol. The van der Waals surface area contributed by atoms with Crippen molar-refractivity contribution in [3.63, 3.8) is 0 Å². The van der Waals surface area contributed by atoms with Crippen molar-refractivity contribution >= 4 is 5.91 Å². The number of halogens is 3. The molecule has 0 saturated heterocycles. The standard InChI is InChI=1S/C16H17F3N4O/c17-16(18,19)11-1-3-12(4-2-11)23-15(24)10-5-6-20-13(9-10)14-21-7-8-22-14/h5-9,11-12H,1-4H2,(H,21,22)(H,23,24). The summed E-state index contributed by atoms with van der Waals surface area (Å²) in [5.41, 5.74) is 0.947. The molecule has 0 spiro atoms. The number of hydrogen-bond acceptors (Lipinski definition) is 3. The second-order valence-corrected chi connectivity index (χ2v) is 5.93. The van der Waals surface area contributed by atoms with Crippen molar-refractivity contribution in [3.05, 3.63) is 36.3 Å². The lowest BCUT2D eigenvalue weighted by Gasteiger charge is -2.30. The van der Waals surface area contributed by atoms with E-state index in [0.29, 0.717) is 29.9 Å². The highest BCUT2D eigenvalue weighted by atomic mass is 19.4. The number of amides is 1. The van der Waals surface area contributed by atoms with Crippen LogP contribution in [-0.2, 0) is 0 Å². The van der Waals surface area contributed by atoms with Gasteiger partial charge in [-0.2, -0.15) is 13.2 Å². The molecule has 3 rings (SSSR count). The van der Waals surface area contributed by atoms with E-state index in [-0.39, 0.29) is 24.8 Å². The van der Waals surface area contributed by atoms with Gasteiger partial charge >= 0.3 is 6.18 Å². The number of alkyl halides is 3. The fraction of sp³-hybridized carbons (Fsp3) is 0.438. The Morgan fingerprint density at radius 3 is 2.54 bits per heavy atom. The number of hydrogen-bond donors (Lipinski definition) is 2. The van der Waals surface area contributed by atoms with Crippen molar-refractivity contribution < 1.29 is 18.0 Å². The highest BCUT2D eigenvalue weighted by Gasteiger charge is 2.41. The van der Waals surface area contributed by atoms with Gasteiger partial charge in [0.05, 0.1) is 5.92 Å². The normalized spacial score (nSPS) is 21.5. The van der Waals surface area contributed by atoms with Gasteiger partial charge < -0.3 is 10.3 Å². The Hall–Kier alpha value is -2.38. The molecule has 0 atom stereocenters. The van der Waals surface area contributed by atoms with E-state index in [4.69, 9.17) is 0 Å². The molecule has 1 aliphatic rings. The first kappa shape index (κ1) is 16.5. The SMILES string of the molecule is O=C(NC1CCC(C(F)(F)F)CC1)c1ccnc(-c2ncc[nH]2)c1. The average Bonchev–Trinajstić information content (AvgIpc) is 3.09. The second-order valence-electron chi connectivity index (χ2n) is 5.93. The number of H-pyrrole nitrogens is 1. The summed E-state index contributed by atoms with van der Waals surface area (Å²) in [4.78, 5) is 23.5. The van der Waals surface area contributed by atoms with Crippen LogP contribution in [0, 0.1) is 5.92 Å². The molecule has 1 saturated carbocycles. The molecule has 0 aromatic carbocycles. The van der Waals surface area contributed by atoms with E-state index in [0.717, 1.165) is 0 Å². The summed E-state index contributed by atoms with van der Waals surface area (Å²) < 4.78 is 38.0. The third-order valence-electron chi connectivity index (χ3n) is 4.29. The number of pyridine rings is 1. The third kappa shape index (κ3) is 3.74. The van der Waals surface area contributed by atoms with Gasteiger partial charge in [0, 0.05) is 30.2 Å². The van der Waals surface area contributed by atoms with Gasteiger partial charge in [0.15, 0.2) is 5.82 Å². The number of aromatic amines is 1. The fourth-order valence-corrected chi connectivity index (χ4v) is 2.94. The summed E-state index contributed by atoms with van der Waals surface area (Å²) in [6.45, 7) is 0. The maximum atomic E-state index is 12.7. The second kappa shape index (κ2) is 6.62. The number of nitrogens with zero attached hydrogens (tertiary/aromatic N) is 2. The Bertz CT molecular complexity index is 692. The molecule has 1 fully saturated rings. The van der Waals surface area contributed by atoms with Crippen molar-refractivity contribution in [2.24, 2.45) is 5.92 Å². The minimum atomic E-state index is -4.14. The Labute approximate surface area is 136 Å². The van der Waals surface area contributed by atoms with Gasteiger partial charge in [-0.1, -0.05) is 0 Å². The lowest BCUT2D eigenvalue weighted by atomic mass is 9.85. The summed E-state index contributed by atoms with van der Waals surface area (Å²) in [6, 6.07) is 2.95. The number of nitrogens with one attached hydrogen (secondary N) is 2. The molecule has 2 aromatic rings. The van der Waals surface area contributed by atoms with Crippen molar-refractivity contribution in [2.45, 2.75) is 37.9 Å². The molecule has 0 bridgehead atoms. The van der Waals surface area contributed by atoms with Crippen molar-refractivity contribution in [2.75, 3.05) is 0 Å². The third-order valence-corrected chi connectivity index (χ3v) is 4.29. The van der Waals surface area contributed by atoms with Crippen molar-refractivity contribution in [1.29, 1.82) is 0 Å². The van der Waals surface area contributed by atoms with E-state index in [2.05, 4.69) is 20.3 Å². The molecule has 1 aliphatic carbocycles. The largest absolute Gasteiger partial charge is 0.391 e. The van der Waals surface area contributed by atoms with Gasteiger partial charge in [-0.25, -0.2) is 4.98 Å². The Morgan fingerprint density at radius 2 is 1.92 bits per heavy atom. The van der Waals surface area contributed by atoms with Gasteiger partial charge in [-0.3, -0.25) is 9.78 Å². The van der Waals surface area contributed by atoms with Crippen LogP contribution in [-0.4, -0.2) is 33.1 Å². The van der Waals surface area contributed by atoms with Crippen LogP contribution in [0.3, 0.4) is 0 Å². The molecule has 0 radical (unpaired) electrons. The van der Waals surface area contributed by atoms with Crippen LogP contribution in [0.5, 0.6) is 0 Å². The molecular formula is C16H17F3N4O. The summed E-state index contributed by atoms with van der Waals surface area (Å²) in [7, 11) is 0. The monoisotopic (exact) mass is 338 g/mol. The number of carbonyl (C=O) groups is 1. The van der Waals surface area contributed by atoms with Gasteiger partial charge in [0.1, 0.15) is 5.69 Å². The maximum absolute atomic E-state index is 12.7. The van der Waals surface area contributed by atoms with E-state index in [1.807, 2.05) is 0 Å². The highest BCUT2D eigenvalue weighted by Crippen LogP contribution is 2.37. The Kier molecular flexibility index (Phi) is 4.55. The van der Waals surface area contributed by atoms with Crippen molar-refractivity contribution in [3.8, 4) is 11.5 Å². The zero-order chi connectivity index (χ0) is 17.2. The van der Waals surface area contributed by atoms with E-state index >= 15 is 0 Å². The molecule has 2 N–H and O–H groups in total. The minimum absolute atomic E-state index is 0.0580. The smallest absolute Gasteiger partial charge is 0.349 e. The van der Waals surface area contributed by atoms with Crippen LogP contribution in [0.15, 0.2) is 30.7 Å². The summed E-state index contributed by atoms with van der Waals surface area (Å²) in [5, 5.41) is 2.81. The lowest BCUT2D eigenvalue weighted by Crippen LogP contribution is -2.40. The molecular weight excluding hydrogens is 321 g/mol. The minimum Gasteiger partial charge on any atom is -0.349 e. The van der Waals surface area contributed by atoms with E-state index in [1.54, 1.807) is 24.5 Å². The first-order chi connectivity index (χ1) is 11.4. The predicted molar refractivity (Wildman–Crippen MR) is 81.1 cm³/mol. The maximum Gasteiger partial charge on any atom is 0.391 e. The molecule has 128 valence electrons. The zero-order valence-corrected chi connectivity index (χ0v) is 12.8. The van der Waals surface area contributed by atoms with E-state index in [9.17, 15) is 18.0 Å². The van der Waals surface area contributed by atoms with Gasteiger partial charge in [-0.15, -0.1) is 0 Å². The molecule has 5 nitrogen and oxygen atoms in total. The molecule has 2 aromatic heterocycles. The van der Waals surface area contributed by atoms with Gasteiger partial charge in [0.2, 0.25) is 0 Å². The fourth-order valence-electron chi connectivity index (χ4n) is 2.94. The topological polar surface area (TPSA) is 70.7 Å². The molecule has 0 aliphatic heterocycles. The Morgan fingerprint density at radius 1 is 1.17 bits per heavy atom. The van der Waals surface area contributed by atoms with E-state index < -0.39 is 12.1 Å². The highest BCUT2D eigenvalue weighted by molar-refractivity contribution is 5.95. The van der Waals surface area contributed by atoms with Crippen LogP contribution in [0.1, 0.15) is 36.0 Å². The van der Waals surface area contributed by atoms with Crippen LogP contribution >= 0.6 is 0 Å². The van der Waals surface area contributed by atoms with Crippen LogP contribution < -0.4 is 5.32 Å². The number of rotatable bonds is 3. The lowest BCUT2D eigenvalue weighted by molar-refractivity contribution is -0.182. The molecule has 24 heavy (non-hydrogen) atoms. The molecule has 2 heterocycles. The summed E-state index contributed by atoms with van der Waals surface area (Å²) >= 11 is 0. The molecule has 8 heteroatoms. The van der Waals surface area contributed by atoms with Gasteiger partial charge in [-0.05, 0) is 37.8 Å². The summed E-state index contributed by atoms with van der Waals surface area (Å²) in [5.74, 6) is -1.01. The Balaban J connectivity index is 1.61. The van der Waals surface area contributed by atoms with Crippen LogP contribution in [0.2, 0.25) is 0 Å². The summed E-state index contributed by atoms with van der Waals surface area (Å²) in [6.07, 6.45) is 1.40. The number of imidazole rings is 1. The predicted octanol–water partition coefficient (Wildman–Crippen LogP) is 3.32. The molecule has 1 amide bonds. The first-order valence-corrected chi connectivity index (χ1v) is 7.77. The quantitative estimate of drug-likeness (QED) is 0.902. The number of carbonyl (C=O) groups excluding carboxylic acids is 1. The van der Waals surface area contributed by atoms with Crippen LogP contribution in [0.4, 0.5) is 13.2 Å².